The molecule has 0 unspecified atom stereocenters. The van der Waals surface area contributed by atoms with Crippen molar-refractivity contribution >= 4 is 34.0 Å². The molecule has 0 radical (unpaired) electrons. The lowest BCUT2D eigenvalue weighted by molar-refractivity contribution is -0.118. The molecule has 3 aromatic rings. The van der Waals surface area contributed by atoms with Gasteiger partial charge in [-0.05, 0) is 44.0 Å². The van der Waals surface area contributed by atoms with E-state index in [0.29, 0.717) is 15.9 Å². The van der Waals surface area contributed by atoms with Crippen LogP contribution < -0.4 is 10.1 Å². The van der Waals surface area contributed by atoms with Gasteiger partial charge in [0, 0.05) is 16.0 Å². The Morgan fingerprint density at radius 3 is 2.46 bits per heavy atom. The number of nitrogens with zero attached hydrogens (tertiary/aromatic N) is 1. The van der Waals surface area contributed by atoms with Crippen LogP contribution in [0.1, 0.15) is 16.7 Å². The molecular formula is C20H19ClN2O2S. The first-order chi connectivity index (χ1) is 12.4. The molecule has 134 valence electrons. The van der Waals surface area contributed by atoms with Crippen LogP contribution in [0.15, 0.2) is 41.8 Å². The number of ether oxygens (including phenoxy) is 1. The largest absolute Gasteiger partial charge is 0.484 e. The summed E-state index contributed by atoms with van der Waals surface area (Å²) < 4.78 is 5.57. The van der Waals surface area contributed by atoms with Crippen LogP contribution in [0.25, 0.3) is 11.3 Å². The topological polar surface area (TPSA) is 51.2 Å². The minimum absolute atomic E-state index is 0.0834. The van der Waals surface area contributed by atoms with E-state index in [1.807, 2.05) is 62.5 Å². The van der Waals surface area contributed by atoms with Gasteiger partial charge in [0.05, 0.1) is 5.69 Å². The highest BCUT2D eigenvalue weighted by atomic mass is 35.5. The number of amides is 1. The van der Waals surface area contributed by atoms with Crippen molar-refractivity contribution in [2.24, 2.45) is 0 Å². The van der Waals surface area contributed by atoms with E-state index in [9.17, 15) is 4.79 Å². The van der Waals surface area contributed by atoms with Gasteiger partial charge in [-0.3, -0.25) is 10.1 Å². The number of hydrogen-bond donors (Lipinski definition) is 1. The zero-order chi connectivity index (χ0) is 18.7. The highest BCUT2D eigenvalue weighted by Gasteiger charge is 2.10. The number of halogens is 1. The summed E-state index contributed by atoms with van der Waals surface area (Å²) in [7, 11) is 0. The van der Waals surface area contributed by atoms with Crippen molar-refractivity contribution in [3.8, 4) is 17.0 Å². The summed E-state index contributed by atoms with van der Waals surface area (Å²) in [6.07, 6.45) is 0. The summed E-state index contributed by atoms with van der Waals surface area (Å²) in [6, 6.07) is 11.8. The molecule has 3 rings (SSSR count). The average molecular weight is 387 g/mol. The smallest absolute Gasteiger partial charge is 0.264 e. The van der Waals surface area contributed by atoms with E-state index in [-0.39, 0.29) is 12.5 Å². The second-order valence-electron chi connectivity index (χ2n) is 6.11. The molecule has 0 aliphatic carbocycles. The highest BCUT2D eigenvalue weighted by molar-refractivity contribution is 7.14. The Labute approximate surface area is 161 Å². The van der Waals surface area contributed by atoms with Crippen LogP contribution in [0.2, 0.25) is 5.02 Å². The molecule has 4 nitrogen and oxygen atoms in total. The van der Waals surface area contributed by atoms with E-state index in [1.165, 1.54) is 16.9 Å². The van der Waals surface area contributed by atoms with Crippen LogP contribution in [0, 0.1) is 20.8 Å². The van der Waals surface area contributed by atoms with Gasteiger partial charge >= 0.3 is 0 Å². The van der Waals surface area contributed by atoms with E-state index in [1.54, 1.807) is 0 Å². The highest BCUT2D eigenvalue weighted by Crippen LogP contribution is 2.27. The third-order valence-electron chi connectivity index (χ3n) is 3.88. The van der Waals surface area contributed by atoms with Crippen molar-refractivity contribution in [3.63, 3.8) is 0 Å². The van der Waals surface area contributed by atoms with Crippen molar-refractivity contribution in [2.45, 2.75) is 20.8 Å². The fourth-order valence-corrected chi connectivity index (χ4v) is 3.33. The Morgan fingerprint density at radius 2 is 1.81 bits per heavy atom. The second-order valence-corrected chi connectivity index (χ2v) is 7.35. The van der Waals surface area contributed by atoms with Gasteiger partial charge in [-0.25, -0.2) is 4.98 Å². The zero-order valence-corrected chi connectivity index (χ0v) is 16.4. The lowest BCUT2D eigenvalue weighted by Gasteiger charge is -2.09. The molecule has 0 fully saturated rings. The molecule has 1 aromatic heterocycles. The second kappa shape index (κ2) is 7.89. The molecule has 0 aliphatic rings. The number of thiazole rings is 1. The van der Waals surface area contributed by atoms with E-state index < -0.39 is 0 Å². The van der Waals surface area contributed by atoms with Crippen LogP contribution in [-0.2, 0) is 4.79 Å². The molecule has 2 aromatic carbocycles. The normalized spacial score (nSPS) is 10.6. The Bertz CT molecular complexity index is 912. The maximum Gasteiger partial charge on any atom is 0.264 e. The van der Waals surface area contributed by atoms with Crippen LogP contribution in [-0.4, -0.2) is 17.5 Å². The molecule has 6 heteroatoms. The summed E-state index contributed by atoms with van der Waals surface area (Å²) in [4.78, 5) is 16.6. The third-order valence-corrected chi connectivity index (χ3v) is 5.23. The van der Waals surface area contributed by atoms with Gasteiger partial charge < -0.3 is 4.74 Å². The number of benzene rings is 2. The van der Waals surface area contributed by atoms with E-state index in [4.69, 9.17) is 16.3 Å². The van der Waals surface area contributed by atoms with E-state index in [0.717, 1.165) is 22.4 Å². The number of hydrogen-bond acceptors (Lipinski definition) is 4. The van der Waals surface area contributed by atoms with E-state index >= 15 is 0 Å². The molecule has 26 heavy (non-hydrogen) atoms. The predicted octanol–water partition coefficient (Wildman–Crippen LogP) is 5.41. The van der Waals surface area contributed by atoms with Gasteiger partial charge in [-0.2, -0.15) is 0 Å². The van der Waals surface area contributed by atoms with Gasteiger partial charge in [0.15, 0.2) is 11.7 Å². The Morgan fingerprint density at radius 1 is 1.15 bits per heavy atom. The molecule has 1 amide bonds. The number of anilines is 1. The number of carbonyl (C=O) groups is 1. The molecule has 0 aliphatic heterocycles. The summed E-state index contributed by atoms with van der Waals surface area (Å²) in [6.45, 7) is 5.77. The molecule has 0 bridgehead atoms. The van der Waals surface area contributed by atoms with Crippen molar-refractivity contribution in [3.05, 3.63) is 63.5 Å². The maximum absolute atomic E-state index is 12.1. The molecule has 0 saturated heterocycles. The zero-order valence-electron chi connectivity index (χ0n) is 14.8. The maximum atomic E-state index is 12.1. The first-order valence-electron chi connectivity index (χ1n) is 8.14. The molecule has 1 N–H and O–H groups in total. The standard InChI is InChI=1S/C20H19ClN2O2S/c1-12-4-6-15(7-5-12)17-11-26-20(22-17)23-18(24)10-25-16-8-13(2)19(21)14(3)9-16/h4-9,11H,10H2,1-3H3,(H,22,23,24). The first kappa shape index (κ1) is 18.4. The fourth-order valence-electron chi connectivity index (χ4n) is 2.48. The molecule has 0 saturated carbocycles. The van der Waals surface area contributed by atoms with Gasteiger partial charge in [0.2, 0.25) is 0 Å². The average Bonchev–Trinajstić information content (AvgIpc) is 3.06. The van der Waals surface area contributed by atoms with Crippen molar-refractivity contribution in [1.29, 1.82) is 0 Å². The molecule has 0 atom stereocenters. The minimum Gasteiger partial charge on any atom is -0.484 e. The number of carbonyl (C=O) groups excluding carboxylic acids is 1. The lowest BCUT2D eigenvalue weighted by atomic mass is 10.1. The van der Waals surface area contributed by atoms with Crippen molar-refractivity contribution < 1.29 is 9.53 Å². The number of aromatic nitrogens is 1. The Hall–Kier alpha value is -2.37. The number of aryl methyl sites for hydroxylation is 3. The predicted molar refractivity (Wildman–Crippen MR) is 107 cm³/mol. The molecule has 0 spiro atoms. The van der Waals surface area contributed by atoms with Crippen LogP contribution in [0.5, 0.6) is 5.75 Å². The number of rotatable bonds is 5. The van der Waals surface area contributed by atoms with Crippen LogP contribution >= 0.6 is 22.9 Å². The van der Waals surface area contributed by atoms with Crippen LogP contribution in [0.3, 0.4) is 0 Å². The van der Waals surface area contributed by atoms with Crippen LogP contribution in [0.4, 0.5) is 5.13 Å². The van der Waals surface area contributed by atoms with Crippen molar-refractivity contribution in [2.75, 3.05) is 11.9 Å². The van der Waals surface area contributed by atoms with Gasteiger partial charge in [-0.15, -0.1) is 11.3 Å². The monoisotopic (exact) mass is 386 g/mol. The SMILES string of the molecule is Cc1ccc(-c2csc(NC(=O)COc3cc(C)c(Cl)c(C)c3)n2)cc1. The lowest BCUT2D eigenvalue weighted by Crippen LogP contribution is -2.20. The van der Waals surface area contributed by atoms with E-state index in [2.05, 4.69) is 10.3 Å². The van der Waals surface area contributed by atoms with Gasteiger partial charge in [-0.1, -0.05) is 41.4 Å². The summed E-state index contributed by atoms with van der Waals surface area (Å²) >= 11 is 7.53. The van der Waals surface area contributed by atoms with Gasteiger partial charge in [0.1, 0.15) is 5.75 Å². The summed E-state index contributed by atoms with van der Waals surface area (Å²) in [5.41, 5.74) is 4.91. The summed E-state index contributed by atoms with van der Waals surface area (Å²) in [5, 5.41) is 5.96. The first-order valence-corrected chi connectivity index (χ1v) is 9.40. The quantitative estimate of drug-likeness (QED) is 0.638. The minimum atomic E-state index is -0.250. The Balaban J connectivity index is 1.59. The Kier molecular flexibility index (Phi) is 5.59. The van der Waals surface area contributed by atoms with Gasteiger partial charge in [0.25, 0.3) is 5.91 Å². The summed E-state index contributed by atoms with van der Waals surface area (Å²) in [5.74, 6) is 0.374. The van der Waals surface area contributed by atoms with Crippen molar-refractivity contribution in [1.82, 2.24) is 4.98 Å². The fraction of sp³-hybridized carbons (Fsp3) is 0.200. The molecule has 1 heterocycles. The third kappa shape index (κ3) is 4.42. The molecular weight excluding hydrogens is 368 g/mol. The number of nitrogens with one attached hydrogen (secondary N) is 1.